The number of rotatable bonds is 5. The number of anilines is 1. The van der Waals surface area contributed by atoms with Gasteiger partial charge >= 0.3 is 0 Å². The molecule has 1 amide bonds. The van der Waals surface area contributed by atoms with Crippen LogP contribution in [0, 0.1) is 11.7 Å². The molecule has 2 aliphatic rings. The Morgan fingerprint density at radius 1 is 1.03 bits per heavy atom. The number of piperazine rings is 1. The predicted octanol–water partition coefficient (Wildman–Crippen LogP) is 4.05. The van der Waals surface area contributed by atoms with Crippen LogP contribution < -0.4 is 9.64 Å². The van der Waals surface area contributed by atoms with Crippen molar-refractivity contribution in [1.29, 1.82) is 0 Å². The van der Waals surface area contributed by atoms with E-state index in [4.69, 9.17) is 16.3 Å². The molecule has 0 atom stereocenters. The van der Waals surface area contributed by atoms with E-state index in [0.29, 0.717) is 17.1 Å². The fraction of sp³-hybridized carbons (Fsp3) is 0.458. The lowest BCUT2D eigenvalue weighted by Gasteiger charge is -2.39. The molecular weight excluding hydrogens is 417 g/mol. The lowest BCUT2D eigenvalue weighted by atomic mass is 9.94. The number of methoxy groups -OCH3 is 1. The summed E-state index contributed by atoms with van der Waals surface area (Å²) in [5.41, 5.74) is 1.62. The smallest absolute Gasteiger partial charge is 0.225 e. The number of carbonyl (C=O) groups is 1. The van der Waals surface area contributed by atoms with Gasteiger partial charge in [-0.3, -0.25) is 9.69 Å². The van der Waals surface area contributed by atoms with Crippen molar-refractivity contribution >= 4 is 23.2 Å². The normalized spacial score (nSPS) is 18.3. The molecule has 2 aromatic carbocycles. The lowest BCUT2D eigenvalue weighted by molar-refractivity contribution is -0.137. The highest BCUT2D eigenvalue weighted by Crippen LogP contribution is 2.29. The van der Waals surface area contributed by atoms with Crippen LogP contribution in [0.15, 0.2) is 42.5 Å². The summed E-state index contributed by atoms with van der Waals surface area (Å²) >= 11 is 6.17. The molecule has 0 saturated carbocycles. The summed E-state index contributed by atoms with van der Waals surface area (Å²) in [6, 6.07) is 12.8. The molecule has 2 saturated heterocycles. The number of para-hydroxylation sites is 2. The van der Waals surface area contributed by atoms with E-state index >= 15 is 0 Å². The molecule has 5 nitrogen and oxygen atoms in total. The first-order chi connectivity index (χ1) is 15.1. The van der Waals surface area contributed by atoms with Crippen LogP contribution in [0.5, 0.6) is 5.75 Å². The van der Waals surface area contributed by atoms with Gasteiger partial charge in [0, 0.05) is 49.2 Å². The van der Waals surface area contributed by atoms with Crippen molar-refractivity contribution in [2.45, 2.75) is 19.4 Å². The van der Waals surface area contributed by atoms with Crippen LogP contribution in [0.3, 0.4) is 0 Å². The number of hydrogen-bond donors (Lipinski definition) is 0. The van der Waals surface area contributed by atoms with Crippen LogP contribution in [0.2, 0.25) is 5.02 Å². The molecule has 2 fully saturated rings. The number of hydrogen-bond acceptors (Lipinski definition) is 4. The maximum Gasteiger partial charge on any atom is 0.225 e. The summed E-state index contributed by atoms with van der Waals surface area (Å²) in [6.07, 6.45) is 1.61. The largest absolute Gasteiger partial charge is 0.495 e. The van der Waals surface area contributed by atoms with Gasteiger partial charge in [-0.1, -0.05) is 29.8 Å². The van der Waals surface area contributed by atoms with Crippen molar-refractivity contribution in [3.63, 3.8) is 0 Å². The van der Waals surface area contributed by atoms with Crippen LogP contribution >= 0.6 is 11.6 Å². The van der Waals surface area contributed by atoms with Gasteiger partial charge in [0.05, 0.1) is 12.8 Å². The Labute approximate surface area is 188 Å². The average Bonchev–Trinajstić information content (AvgIpc) is 2.81. The molecular formula is C24H29ClFN3O2. The summed E-state index contributed by atoms with van der Waals surface area (Å²) < 4.78 is 19.5. The Balaban J connectivity index is 1.28. The summed E-state index contributed by atoms with van der Waals surface area (Å²) in [5, 5.41) is 0.464. The maximum absolute atomic E-state index is 14.1. The fourth-order valence-electron chi connectivity index (χ4n) is 4.56. The highest BCUT2D eigenvalue weighted by Gasteiger charge is 2.31. The van der Waals surface area contributed by atoms with Gasteiger partial charge in [0.1, 0.15) is 11.6 Å². The Morgan fingerprint density at radius 2 is 1.74 bits per heavy atom. The third-order valence-electron chi connectivity index (χ3n) is 6.40. The molecule has 31 heavy (non-hydrogen) atoms. The third-order valence-corrected chi connectivity index (χ3v) is 6.75. The van der Waals surface area contributed by atoms with Gasteiger partial charge in [-0.15, -0.1) is 0 Å². The van der Waals surface area contributed by atoms with E-state index in [1.807, 2.05) is 23.1 Å². The van der Waals surface area contributed by atoms with Crippen molar-refractivity contribution in [2.24, 2.45) is 5.92 Å². The first kappa shape index (κ1) is 21.9. The summed E-state index contributed by atoms with van der Waals surface area (Å²) in [6.45, 7) is 5.10. The minimum atomic E-state index is -0.265. The van der Waals surface area contributed by atoms with Crippen molar-refractivity contribution in [1.82, 2.24) is 9.80 Å². The molecule has 0 radical (unpaired) electrons. The van der Waals surface area contributed by atoms with E-state index in [0.717, 1.165) is 63.5 Å². The number of amides is 1. The SMILES string of the molecule is COc1ccccc1N1CCN(C(=O)C2CCN(Cc3c(F)cccc3Cl)CC2)CC1. The molecule has 0 aliphatic carbocycles. The molecule has 7 heteroatoms. The molecule has 4 rings (SSSR count). The van der Waals surface area contributed by atoms with Crippen LogP contribution in [-0.2, 0) is 11.3 Å². The topological polar surface area (TPSA) is 36.0 Å². The Morgan fingerprint density at radius 3 is 2.42 bits per heavy atom. The average molecular weight is 446 g/mol. The maximum atomic E-state index is 14.1. The Bertz CT molecular complexity index is 889. The number of ether oxygens (including phenoxy) is 1. The van der Waals surface area contributed by atoms with Crippen LogP contribution in [-0.4, -0.2) is 62.1 Å². The number of benzene rings is 2. The minimum Gasteiger partial charge on any atom is -0.495 e. The van der Waals surface area contributed by atoms with Crippen molar-refractivity contribution < 1.29 is 13.9 Å². The number of likely N-dealkylation sites (tertiary alicyclic amines) is 1. The highest BCUT2D eigenvalue weighted by molar-refractivity contribution is 6.31. The zero-order valence-corrected chi connectivity index (χ0v) is 18.7. The third kappa shape index (κ3) is 4.96. The van der Waals surface area contributed by atoms with E-state index in [9.17, 15) is 9.18 Å². The van der Waals surface area contributed by atoms with Gasteiger partial charge in [-0.25, -0.2) is 4.39 Å². The van der Waals surface area contributed by atoms with Crippen molar-refractivity contribution in [2.75, 3.05) is 51.3 Å². The molecule has 0 unspecified atom stereocenters. The minimum absolute atomic E-state index is 0.0464. The quantitative estimate of drug-likeness (QED) is 0.695. The lowest BCUT2D eigenvalue weighted by Crippen LogP contribution is -2.51. The molecule has 2 heterocycles. The standard InChI is InChI=1S/C24H29ClFN3O2/c1-31-23-8-3-2-7-22(23)28-13-15-29(16-14-28)24(30)18-9-11-27(12-10-18)17-19-20(25)5-4-6-21(19)26/h2-8,18H,9-17H2,1H3. The summed E-state index contributed by atoms with van der Waals surface area (Å²) in [7, 11) is 1.69. The molecule has 0 aromatic heterocycles. The zero-order valence-electron chi connectivity index (χ0n) is 17.9. The van der Waals surface area contributed by atoms with Gasteiger partial charge in [0.25, 0.3) is 0 Å². The van der Waals surface area contributed by atoms with E-state index in [1.54, 1.807) is 19.2 Å². The van der Waals surface area contributed by atoms with Crippen LogP contribution in [0.4, 0.5) is 10.1 Å². The van der Waals surface area contributed by atoms with Gasteiger partial charge in [-0.2, -0.15) is 0 Å². The second-order valence-electron chi connectivity index (χ2n) is 8.23. The van der Waals surface area contributed by atoms with Crippen molar-refractivity contribution in [3.8, 4) is 5.75 Å². The first-order valence-corrected chi connectivity index (χ1v) is 11.3. The number of nitrogens with zero attached hydrogens (tertiary/aromatic N) is 3. The van der Waals surface area contributed by atoms with E-state index < -0.39 is 0 Å². The monoisotopic (exact) mass is 445 g/mol. The van der Waals surface area contributed by atoms with Gasteiger partial charge in [0.2, 0.25) is 5.91 Å². The second-order valence-corrected chi connectivity index (χ2v) is 8.64. The van der Waals surface area contributed by atoms with Crippen molar-refractivity contribution in [3.05, 3.63) is 58.9 Å². The second kappa shape index (κ2) is 9.88. The molecule has 0 N–H and O–H groups in total. The van der Waals surface area contributed by atoms with E-state index in [-0.39, 0.29) is 17.6 Å². The predicted molar refractivity (Wildman–Crippen MR) is 121 cm³/mol. The highest BCUT2D eigenvalue weighted by atomic mass is 35.5. The Hall–Kier alpha value is -2.31. The van der Waals surface area contributed by atoms with Crippen LogP contribution in [0.1, 0.15) is 18.4 Å². The fourth-order valence-corrected chi connectivity index (χ4v) is 4.78. The van der Waals surface area contributed by atoms with Crippen LogP contribution in [0.25, 0.3) is 0 Å². The molecule has 0 spiro atoms. The molecule has 2 aliphatic heterocycles. The molecule has 2 aromatic rings. The Kier molecular flexibility index (Phi) is 6.98. The van der Waals surface area contributed by atoms with E-state index in [1.165, 1.54) is 6.07 Å². The zero-order chi connectivity index (χ0) is 21.8. The molecule has 0 bridgehead atoms. The van der Waals surface area contributed by atoms with E-state index in [2.05, 4.69) is 15.9 Å². The number of carbonyl (C=O) groups excluding carboxylic acids is 1. The van der Waals surface area contributed by atoms with Gasteiger partial charge in [-0.05, 0) is 50.2 Å². The summed E-state index contributed by atoms with van der Waals surface area (Å²) in [4.78, 5) is 19.5. The molecule has 166 valence electrons. The van der Waals surface area contributed by atoms with Gasteiger partial charge < -0.3 is 14.5 Å². The van der Waals surface area contributed by atoms with Gasteiger partial charge in [0.15, 0.2) is 0 Å². The number of piperidine rings is 1. The number of halogens is 2. The summed E-state index contributed by atoms with van der Waals surface area (Å²) in [5.74, 6) is 0.900. The first-order valence-electron chi connectivity index (χ1n) is 10.9.